The smallest absolute Gasteiger partial charge is 0.164 e. The molecule has 0 saturated heterocycles. The molecule has 0 saturated carbocycles. The van der Waals surface area contributed by atoms with Gasteiger partial charge in [0, 0.05) is 33.2 Å². The van der Waals surface area contributed by atoms with Gasteiger partial charge in [0.1, 0.15) is 11.3 Å². The molecule has 0 N–H and O–H groups in total. The monoisotopic (exact) mass is 713 g/mol. The van der Waals surface area contributed by atoms with Gasteiger partial charge in [-0.2, -0.15) is 0 Å². The van der Waals surface area contributed by atoms with Crippen LogP contribution in [0.4, 0.5) is 0 Å². The Morgan fingerprint density at radius 3 is 1.80 bits per heavy atom. The van der Waals surface area contributed by atoms with Crippen molar-refractivity contribution >= 4 is 21.7 Å². The van der Waals surface area contributed by atoms with E-state index in [2.05, 4.69) is 170 Å². The number of para-hydroxylation sites is 1. The number of hydrogen-bond acceptors (Lipinski definition) is 4. The molecule has 1 unspecified atom stereocenters. The van der Waals surface area contributed by atoms with Gasteiger partial charge in [0.15, 0.2) is 17.5 Å². The molecule has 2 heterocycles. The largest absolute Gasteiger partial charge is 0.456 e. The Bertz CT molecular complexity index is 3210. The third kappa shape index (κ3) is 4.32. The molecule has 1 spiro atoms. The molecule has 0 fully saturated rings. The Morgan fingerprint density at radius 2 is 0.929 bits per heavy atom. The highest BCUT2D eigenvalue weighted by atomic mass is 16.3. The number of hydrogen-bond donors (Lipinski definition) is 0. The summed E-state index contributed by atoms with van der Waals surface area (Å²) in [6.07, 6.45) is 0. The Hall–Kier alpha value is -7.43. The standard InChI is InChI=1S/C52H31N3O/c1-2-15-33(16-3-1)49-53-50(55-51(54-49)39-24-13-17-32-14-4-5-20-37(32)39)36-19-12-18-34(30-36)35-28-29-45-42(31-35)38-21-6-9-25-43(38)52(45)44-26-10-7-22-40(44)48-47(52)41-23-8-11-27-46(41)56-48/h1-31H. The maximum Gasteiger partial charge on any atom is 0.164 e. The molecule has 0 bridgehead atoms. The van der Waals surface area contributed by atoms with Crippen molar-refractivity contribution in [2.24, 2.45) is 0 Å². The minimum absolute atomic E-state index is 0.485. The molecule has 2 aliphatic carbocycles. The average Bonchev–Trinajstić information content (AvgIpc) is 3.90. The van der Waals surface area contributed by atoms with Crippen molar-refractivity contribution in [1.82, 2.24) is 15.0 Å². The first-order chi connectivity index (χ1) is 27.8. The van der Waals surface area contributed by atoms with Gasteiger partial charge in [-0.1, -0.05) is 170 Å². The van der Waals surface area contributed by atoms with Crippen LogP contribution in [0.1, 0.15) is 22.3 Å². The van der Waals surface area contributed by atoms with Gasteiger partial charge >= 0.3 is 0 Å². The van der Waals surface area contributed by atoms with Gasteiger partial charge in [0.2, 0.25) is 0 Å². The van der Waals surface area contributed by atoms with Crippen LogP contribution in [0.5, 0.6) is 0 Å². The minimum Gasteiger partial charge on any atom is -0.456 e. The van der Waals surface area contributed by atoms with Gasteiger partial charge in [-0.05, 0) is 67.9 Å². The van der Waals surface area contributed by atoms with E-state index in [1.165, 1.54) is 33.4 Å². The summed E-state index contributed by atoms with van der Waals surface area (Å²) in [6, 6.07) is 66.6. The van der Waals surface area contributed by atoms with Crippen LogP contribution < -0.4 is 0 Å². The quantitative estimate of drug-likeness (QED) is 0.182. The normalized spacial score (nSPS) is 14.9. The minimum atomic E-state index is -0.485. The van der Waals surface area contributed by atoms with E-state index in [-0.39, 0.29) is 0 Å². The van der Waals surface area contributed by atoms with E-state index in [1.807, 2.05) is 18.2 Å². The lowest BCUT2D eigenvalue weighted by molar-refractivity contribution is 0.628. The van der Waals surface area contributed by atoms with E-state index in [4.69, 9.17) is 19.4 Å². The van der Waals surface area contributed by atoms with Crippen LogP contribution in [0, 0.1) is 0 Å². The van der Waals surface area contributed by atoms with Gasteiger partial charge in [-0.25, -0.2) is 15.0 Å². The number of aromatic nitrogens is 3. The molecule has 4 heteroatoms. The van der Waals surface area contributed by atoms with E-state index < -0.39 is 5.41 Å². The third-order valence-electron chi connectivity index (χ3n) is 11.7. The predicted octanol–water partition coefficient (Wildman–Crippen LogP) is 12.8. The van der Waals surface area contributed by atoms with Crippen LogP contribution in [0.25, 0.3) is 89.5 Å². The molecule has 4 nitrogen and oxygen atoms in total. The molecule has 10 aromatic rings. The van der Waals surface area contributed by atoms with E-state index in [0.29, 0.717) is 17.5 Å². The summed E-state index contributed by atoms with van der Waals surface area (Å²) in [5.74, 6) is 2.90. The molecule has 2 aromatic heterocycles. The average molecular weight is 714 g/mol. The lowest BCUT2D eigenvalue weighted by Gasteiger charge is -2.29. The second-order valence-electron chi connectivity index (χ2n) is 14.7. The number of nitrogens with zero attached hydrogens (tertiary/aromatic N) is 3. The highest BCUT2D eigenvalue weighted by Crippen LogP contribution is 2.65. The SMILES string of the molecule is c1ccc(-c2nc(-c3cccc(-c4ccc5c(c4)-c4ccccc4C54c5ccccc5-c5oc6ccccc6c54)c3)nc(-c3cccc4ccccc34)n2)cc1. The Kier molecular flexibility index (Phi) is 6.52. The summed E-state index contributed by atoms with van der Waals surface area (Å²) in [5.41, 5.74) is 14.2. The molecule has 0 radical (unpaired) electrons. The highest BCUT2D eigenvalue weighted by molar-refractivity contribution is 6.02. The summed E-state index contributed by atoms with van der Waals surface area (Å²) < 4.78 is 6.68. The fraction of sp³-hybridized carbons (Fsp3) is 0.0192. The van der Waals surface area contributed by atoms with Gasteiger partial charge in [0.25, 0.3) is 0 Å². The van der Waals surface area contributed by atoms with Crippen molar-refractivity contribution in [1.29, 1.82) is 0 Å². The van der Waals surface area contributed by atoms with Crippen LogP contribution >= 0.6 is 0 Å². The van der Waals surface area contributed by atoms with Gasteiger partial charge in [-0.3, -0.25) is 0 Å². The van der Waals surface area contributed by atoms with E-state index in [1.54, 1.807) is 0 Å². The third-order valence-corrected chi connectivity index (χ3v) is 11.7. The summed E-state index contributed by atoms with van der Waals surface area (Å²) in [6.45, 7) is 0. The molecule has 12 rings (SSSR count). The number of rotatable bonds is 4. The second-order valence-corrected chi connectivity index (χ2v) is 14.7. The lowest BCUT2D eigenvalue weighted by atomic mass is 9.70. The molecular formula is C52H31N3O. The zero-order valence-corrected chi connectivity index (χ0v) is 30.1. The topological polar surface area (TPSA) is 51.8 Å². The fourth-order valence-corrected chi connectivity index (χ4v) is 9.37. The number of furan rings is 1. The molecule has 2 aliphatic rings. The van der Waals surface area contributed by atoms with Gasteiger partial charge in [-0.15, -0.1) is 0 Å². The van der Waals surface area contributed by atoms with Crippen LogP contribution in [-0.4, -0.2) is 15.0 Å². The van der Waals surface area contributed by atoms with Crippen molar-refractivity contribution in [2.45, 2.75) is 5.41 Å². The summed E-state index contributed by atoms with van der Waals surface area (Å²) >= 11 is 0. The van der Waals surface area contributed by atoms with Crippen LogP contribution in [0.3, 0.4) is 0 Å². The molecular weight excluding hydrogens is 683 g/mol. The predicted molar refractivity (Wildman–Crippen MR) is 225 cm³/mol. The Labute approximate surface area is 323 Å². The van der Waals surface area contributed by atoms with Gasteiger partial charge < -0.3 is 4.42 Å². The summed E-state index contributed by atoms with van der Waals surface area (Å²) in [7, 11) is 0. The maximum atomic E-state index is 6.68. The first-order valence-electron chi connectivity index (χ1n) is 19.0. The van der Waals surface area contributed by atoms with Crippen molar-refractivity contribution in [3.63, 3.8) is 0 Å². The molecule has 260 valence electrons. The Morgan fingerprint density at radius 1 is 0.357 bits per heavy atom. The van der Waals surface area contributed by atoms with Crippen molar-refractivity contribution in [3.05, 3.63) is 210 Å². The van der Waals surface area contributed by atoms with Crippen molar-refractivity contribution in [3.8, 4) is 67.7 Å². The molecule has 56 heavy (non-hydrogen) atoms. The van der Waals surface area contributed by atoms with E-state index >= 15 is 0 Å². The van der Waals surface area contributed by atoms with E-state index in [9.17, 15) is 0 Å². The summed E-state index contributed by atoms with van der Waals surface area (Å²) in [5, 5.41) is 3.42. The van der Waals surface area contributed by atoms with E-state index in [0.717, 1.165) is 60.9 Å². The maximum absolute atomic E-state index is 6.68. The first-order valence-corrected chi connectivity index (χ1v) is 19.0. The molecule has 1 atom stereocenters. The van der Waals surface area contributed by atoms with Crippen molar-refractivity contribution < 1.29 is 4.42 Å². The fourth-order valence-electron chi connectivity index (χ4n) is 9.37. The zero-order valence-electron chi connectivity index (χ0n) is 30.1. The number of fused-ring (bicyclic) bond motifs is 13. The first kappa shape index (κ1) is 31.0. The molecule has 8 aromatic carbocycles. The zero-order chi connectivity index (χ0) is 36.8. The Balaban J connectivity index is 1.03. The van der Waals surface area contributed by atoms with Crippen LogP contribution in [0.15, 0.2) is 192 Å². The highest BCUT2D eigenvalue weighted by Gasteiger charge is 2.54. The van der Waals surface area contributed by atoms with Crippen LogP contribution in [0.2, 0.25) is 0 Å². The lowest BCUT2D eigenvalue weighted by Crippen LogP contribution is -2.25. The second kappa shape index (κ2) is 11.8. The molecule has 0 amide bonds. The van der Waals surface area contributed by atoms with Gasteiger partial charge in [0.05, 0.1) is 5.41 Å². The van der Waals surface area contributed by atoms with Crippen LogP contribution in [-0.2, 0) is 5.41 Å². The molecule has 0 aliphatic heterocycles. The number of benzene rings is 8. The summed E-state index contributed by atoms with van der Waals surface area (Å²) in [4.78, 5) is 15.3. The van der Waals surface area contributed by atoms with Crippen molar-refractivity contribution in [2.75, 3.05) is 0 Å².